The summed E-state index contributed by atoms with van der Waals surface area (Å²) in [5.74, 6) is -8.06. The fourth-order valence-electron chi connectivity index (χ4n) is 10.5. The predicted octanol–water partition coefficient (Wildman–Crippen LogP) is 13.9. The topological polar surface area (TPSA) is 3.24 Å². The maximum atomic E-state index is 15.3. The number of benzene rings is 9. The van der Waals surface area contributed by atoms with Gasteiger partial charge in [-0.15, -0.1) is 0 Å². The first-order chi connectivity index (χ1) is 31.2. The van der Waals surface area contributed by atoms with Crippen LogP contribution < -0.4 is 10.4 Å². The summed E-state index contributed by atoms with van der Waals surface area (Å²) < 4.78 is 90.5. The van der Waals surface area contributed by atoms with Gasteiger partial charge in [-0.1, -0.05) is 122 Å². The van der Waals surface area contributed by atoms with Crippen LogP contribution in [-0.2, 0) is 19.6 Å². The second-order valence-electron chi connectivity index (χ2n) is 17.0. The Hall–Kier alpha value is -6.96. The van der Waals surface area contributed by atoms with Gasteiger partial charge < -0.3 is 0 Å². The number of halogens is 6. The van der Waals surface area contributed by atoms with Gasteiger partial charge in [0.25, 0.3) is 0 Å². The standard InChI is InChI=1S/C57H39F6N/c1-2-32-19-20-33-11-3-7-15-40(33)52(32)53-37(22-21-34-12-4-8-16-41(34)53)29-64-30-46-44(38-25-48(58)56(62)49(59)26-38)23-35-13-5-9-17-42(35)54(46)55-43-18-10-6-14-36(43)24-45(47(55)31-64)39-27-50(60)57(63)51(61)28-39/h3-18,20-28,32H,2,19,29-31H2,1H3. The summed E-state index contributed by atoms with van der Waals surface area (Å²) in [5.41, 5.74) is 7.95. The molecule has 0 saturated carbocycles. The summed E-state index contributed by atoms with van der Waals surface area (Å²) in [6.07, 6.45) is 4.13. The fourth-order valence-corrected chi connectivity index (χ4v) is 10.5. The Morgan fingerprint density at radius 1 is 0.500 bits per heavy atom. The van der Waals surface area contributed by atoms with Gasteiger partial charge in [0, 0.05) is 19.6 Å². The Balaban J connectivity index is 1.24. The Kier molecular flexibility index (Phi) is 9.77. The van der Waals surface area contributed by atoms with Crippen LogP contribution in [0, 0.1) is 40.8 Å². The Morgan fingerprint density at radius 3 is 1.50 bits per heavy atom. The normalized spacial score (nSPS) is 14.9. The first-order valence-corrected chi connectivity index (χ1v) is 21.6. The van der Waals surface area contributed by atoms with Crippen LogP contribution in [0.5, 0.6) is 0 Å². The smallest absolute Gasteiger partial charge is 0.194 e. The van der Waals surface area contributed by atoms with E-state index < -0.39 is 34.9 Å². The molecule has 11 rings (SSSR count). The summed E-state index contributed by atoms with van der Waals surface area (Å²) in [4.78, 5) is 2.27. The van der Waals surface area contributed by atoms with E-state index in [0.29, 0.717) is 17.7 Å². The Bertz CT molecular complexity index is 3340. The van der Waals surface area contributed by atoms with E-state index in [4.69, 9.17) is 0 Å². The second kappa shape index (κ2) is 15.7. The van der Waals surface area contributed by atoms with Crippen molar-refractivity contribution in [3.8, 4) is 33.4 Å². The third-order valence-corrected chi connectivity index (χ3v) is 13.4. The maximum Gasteiger partial charge on any atom is 0.194 e. The zero-order chi connectivity index (χ0) is 43.8. The van der Waals surface area contributed by atoms with E-state index in [0.717, 1.165) is 103 Å². The molecule has 0 saturated heterocycles. The van der Waals surface area contributed by atoms with Crippen molar-refractivity contribution in [2.75, 3.05) is 0 Å². The minimum atomic E-state index is -1.55. The molecular weight excluding hydrogens is 813 g/mol. The lowest BCUT2D eigenvalue weighted by molar-refractivity contribution is 0.251. The predicted molar refractivity (Wildman–Crippen MR) is 245 cm³/mol. The molecule has 2 aliphatic rings. The molecule has 1 heterocycles. The molecule has 1 unspecified atom stereocenters. The molecule has 0 radical (unpaired) electrons. The van der Waals surface area contributed by atoms with Gasteiger partial charge in [0.1, 0.15) is 0 Å². The lowest BCUT2D eigenvalue weighted by atomic mass is 9.79. The van der Waals surface area contributed by atoms with E-state index in [1.807, 2.05) is 66.7 Å². The van der Waals surface area contributed by atoms with Crippen LogP contribution in [0.15, 0.2) is 146 Å². The van der Waals surface area contributed by atoms with Crippen molar-refractivity contribution in [3.63, 3.8) is 0 Å². The van der Waals surface area contributed by atoms with E-state index in [9.17, 15) is 8.78 Å². The largest absolute Gasteiger partial charge is 0.290 e. The highest BCUT2D eigenvalue weighted by Crippen LogP contribution is 2.49. The van der Waals surface area contributed by atoms with Crippen molar-refractivity contribution >= 4 is 44.0 Å². The van der Waals surface area contributed by atoms with E-state index in [2.05, 4.69) is 72.5 Å². The molecule has 1 atom stereocenters. The lowest BCUT2D eigenvalue weighted by Crippen LogP contribution is -2.33. The first kappa shape index (κ1) is 39.9. The molecule has 0 aromatic heterocycles. The van der Waals surface area contributed by atoms with Crippen molar-refractivity contribution < 1.29 is 26.3 Å². The molecule has 64 heavy (non-hydrogen) atoms. The molecule has 314 valence electrons. The summed E-state index contributed by atoms with van der Waals surface area (Å²) >= 11 is 0. The average molecular weight is 852 g/mol. The SMILES string of the molecule is CCC1CC=c2ccccc2=C1c1c(CN2Cc3c(-c4cc(F)c(F)c(F)c4)cc4ccccc4c3-c3c(c(-c4cc(F)c(F)c(F)c4)cc4ccccc34)C2)ccc2ccccc12. The molecule has 9 aromatic carbocycles. The zero-order valence-electron chi connectivity index (χ0n) is 34.8. The Labute approximate surface area is 365 Å². The van der Waals surface area contributed by atoms with Crippen molar-refractivity contribution in [1.29, 1.82) is 0 Å². The maximum absolute atomic E-state index is 15.3. The number of hydrogen-bond donors (Lipinski definition) is 0. The molecule has 0 spiro atoms. The Morgan fingerprint density at radius 2 is 0.969 bits per heavy atom. The second-order valence-corrected chi connectivity index (χ2v) is 17.0. The molecule has 1 aliphatic carbocycles. The van der Waals surface area contributed by atoms with Crippen LogP contribution in [0.2, 0.25) is 0 Å². The summed E-state index contributed by atoms with van der Waals surface area (Å²) in [7, 11) is 0. The van der Waals surface area contributed by atoms with E-state index in [1.165, 1.54) is 16.0 Å². The highest BCUT2D eigenvalue weighted by atomic mass is 19.2. The molecule has 0 N–H and O–H groups in total. The minimum absolute atomic E-state index is 0.174. The monoisotopic (exact) mass is 851 g/mol. The lowest BCUT2D eigenvalue weighted by Gasteiger charge is -2.29. The van der Waals surface area contributed by atoms with Crippen molar-refractivity contribution in [1.82, 2.24) is 4.90 Å². The highest BCUT2D eigenvalue weighted by Gasteiger charge is 2.31. The molecule has 0 fully saturated rings. The van der Waals surface area contributed by atoms with E-state index in [-0.39, 0.29) is 30.1 Å². The van der Waals surface area contributed by atoms with Crippen molar-refractivity contribution in [2.24, 2.45) is 5.92 Å². The molecule has 0 amide bonds. The van der Waals surface area contributed by atoms with Gasteiger partial charge >= 0.3 is 0 Å². The van der Waals surface area contributed by atoms with Crippen molar-refractivity contribution in [3.05, 3.63) is 213 Å². The summed E-state index contributed by atoms with van der Waals surface area (Å²) in [5, 5.41) is 7.86. The van der Waals surface area contributed by atoms with Crippen LogP contribution in [0.4, 0.5) is 26.3 Å². The van der Waals surface area contributed by atoms with Crippen LogP contribution >= 0.6 is 0 Å². The van der Waals surface area contributed by atoms with Gasteiger partial charge in [-0.25, -0.2) is 26.3 Å². The number of fused-ring (bicyclic) bond motifs is 9. The van der Waals surface area contributed by atoms with Crippen molar-refractivity contribution in [2.45, 2.75) is 39.4 Å². The molecule has 1 aliphatic heterocycles. The van der Waals surface area contributed by atoms with Crippen LogP contribution in [-0.4, -0.2) is 4.90 Å². The minimum Gasteiger partial charge on any atom is -0.290 e. The van der Waals surface area contributed by atoms with Crippen LogP contribution in [0.1, 0.15) is 42.0 Å². The van der Waals surface area contributed by atoms with Gasteiger partial charge in [0.05, 0.1) is 0 Å². The van der Waals surface area contributed by atoms with E-state index >= 15 is 17.6 Å². The van der Waals surface area contributed by atoms with Gasteiger partial charge in [-0.3, -0.25) is 4.90 Å². The summed E-state index contributed by atoms with van der Waals surface area (Å²) in [6, 6.07) is 44.7. The fraction of sp³-hybridized carbons (Fsp3) is 0.123. The van der Waals surface area contributed by atoms with Gasteiger partial charge in [-0.05, 0) is 159 Å². The number of rotatable bonds is 6. The summed E-state index contributed by atoms with van der Waals surface area (Å²) in [6.45, 7) is 3.17. The van der Waals surface area contributed by atoms with Crippen LogP contribution in [0.25, 0.3) is 77.3 Å². The quantitative estimate of drug-likeness (QED) is 0.119. The molecular formula is C57H39F6N. The molecule has 0 bridgehead atoms. The third-order valence-electron chi connectivity index (χ3n) is 13.4. The number of nitrogens with zero attached hydrogens (tertiary/aromatic N) is 1. The van der Waals surface area contributed by atoms with Gasteiger partial charge in [0.15, 0.2) is 34.9 Å². The highest BCUT2D eigenvalue weighted by molar-refractivity contribution is 6.12. The first-order valence-electron chi connectivity index (χ1n) is 21.6. The zero-order valence-corrected chi connectivity index (χ0v) is 34.8. The number of hydrogen-bond acceptors (Lipinski definition) is 1. The third kappa shape index (κ3) is 6.52. The molecule has 7 heteroatoms. The van der Waals surface area contributed by atoms with Crippen LogP contribution in [0.3, 0.4) is 0 Å². The van der Waals surface area contributed by atoms with Gasteiger partial charge in [0.2, 0.25) is 0 Å². The van der Waals surface area contributed by atoms with Gasteiger partial charge in [-0.2, -0.15) is 0 Å². The average Bonchev–Trinajstić information content (AvgIpc) is 3.49. The molecule has 9 aromatic rings. The molecule has 1 nitrogen and oxygen atoms in total. The van der Waals surface area contributed by atoms with E-state index in [1.54, 1.807) is 0 Å².